The summed E-state index contributed by atoms with van der Waals surface area (Å²) in [6, 6.07) is 10.8. The largest absolute Gasteiger partial charge is 0.481 e. The fourth-order valence-electron chi connectivity index (χ4n) is 2.98. The van der Waals surface area contributed by atoms with E-state index in [0.29, 0.717) is 24.9 Å². The van der Waals surface area contributed by atoms with Gasteiger partial charge in [0.2, 0.25) is 5.88 Å². The third kappa shape index (κ3) is 4.63. The molecule has 2 N–H and O–H groups in total. The number of nitrogens with one attached hydrogen (secondary N) is 2. The summed E-state index contributed by atoms with van der Waals surface area (Å²) >= 11 is 0. The van der Waals surface area contributed by atoms with Gasteiger partial charge in [0.15, 0.2) is 5.96 Å². The van der Waals surface area contributed by atoms with E-state index in [9.17, 15) is 4.39 Å². The summed E-state index contributed by atoms with van der Waals surface area (Å²) in [5, 5.41) is 6.57. The van der Waals surface area contributed by atoms with Crippen LogP contribution in [-0.4, -0.2) is 31.6 Å². The van der Waals surface area contributed by atoms with Crippen LogP contribution in [0.1, 0.15) is 24.0 Å². The number of methoxy groups -OCH3 is 1. The first-order valence-corrected chi connectivity index (χ1v) is 8.36. The maximum absolute atomic E-state index is 14.1. The third-order valence-corrected chi connectivity index (χ3v) is 4.61. The van der Waals surface area contributed by atoms with Gasteiger partial charge in [-0.2, -0.15) is 0 Å². The summed E-state index contributed by atoms with van der Waals surface area (Å²) in [5.41, 5.74) is 1.60. The second-order valence-electron chi connectivity index (χ2n) is 6.21. The summed E-state index contributed by atoms with van der Waals surface area (Å²) in [4.78, 5) is 8.43. The van der Waals surface area contributed by atoms with Crippen LogP contribution in [0.2, 0.25) is 0 Å². The number of halogens is 2. The van der Waals surface area contributed by atoms with Crippen LogP contribution in [0, 0.1) is 5.82 Å². The van der Waals surface area contributed by atoms with Gasteiger partial charge >= 0.3 is 0 Å². The highest BCUT2D eigenvalue weighted by molar-refractivity contribution is 14.0. The number of ether oxygens (including phenoxy) is 1. The van der Waals surface area contributed by atoms with Gasteiger partial charge in [-0.1, -0.05) is 24.3 Å². The van der Waals surface area contributed by atoms with Gasteiger partial charge in [0.1, 0.15) is 5.82 Å². The molecular formula is C19H24FIN4O. The zero-order valence-corrected chi connectivity index (χ0v) is 17.3. The van der Waals surface area contributed by atoms with Crippen LogP contribution in [0.5, 0.6) is 5.88 Å². The number of hydrogen-bond donors (Lipinski definition) is 2. The van der Waals surface area contributed by atoms with Crippen molar-refractivity contribution in [2.24, 2.45) is 4.99 Å². The van der Waals surface area contributed by atoms with Crippen LogP contribution < -0.4 is 15.4 Å². The Bertz CT molecular complexity index is 765. The quantitative estimate of drug-likeness (QED) is 0.387. The summed E-state index contributed by atoms with van der Waals surface area (Å²) in [6.07, 6.45) is 3.66. The molecule has 1 heterocycles. The van der Waals surface area contributed by atoms with Gasteiger partial charge in [0.25, 0.3) is 0 Å². The predicted molar refractivity (Wildman–Crippen MR) is 112 cm³/mol. The maximum Gasteiger partial charge on any atom is 0.218 e. The van der Waals surface area contributed by atoms with Gasteiger partial charge in [0.05, 0.1) is 7.11 Å². The van der Waals surface area contributed by atoms with Crippen LogP contribution in [0.4, 0.5) is 4.39 Å². The van der Waals surface area contributed by atoms with E-state index in [1.54, 1.807) is 26.4 Å². The molecule has 1 saturated carbocycles. The van der Waals surface area contributed by atoms with Crippen molar-refractivity contribution in [2.45, 2.75) is 24.8 Å². The maximum atomic E-state index is 14.1. The Hall–Kier alpha value is -1.90. The highest BCUT2D eigenvalue weighted by Crippen LogP contribution is 2.48. The number of hydrogen-bond acceptors (Lipinski definition) is 3. The standard InChI is InChI=1S/C19H23FN4O.HI/c1-21-18(23-12-14-6-5-11-22-17(14)25-2)24-13-19(9-10-19)15-7-3-4-8-16(15)20;/h3-8,11H,9-10,12-13H2,1-2H3,(H2,21,23,24);1H. The number of benzene rings is 1. The molecule has 140 valence electrons. The molecule has 0 unspecified atom stereocenters. The normalized spacial score (nSPS) is 15.0. The van der Waals surface area contributed by atoms with Crippen LogP contribution in [-0.2, 0) is 12.0 Å². The lowest BCUT2D eigenvalue weighted by molar-refractivity contribution is 0.392. The first kappa shape index (κ1) is 20.4. The van der Waals surface area contributed by atoms with E-state index in [1.807, 2.05) is 24.3 Å². The van der Waals surface area contributed by atoms with Crippen molar-refractivity contribution in [2.75, 3.05) is 20.7 Å². The van der Waals surface area contributed by atoms with Crippen molar-refractivity contribution < 1.29 is 9.13 Å². The fraction of sp³-hybridized carbons (Fsp3) is 0.368. The number of aliphatic imine (C=N–C) groups is 1. The topological polar surface area (TPSA) is 58.5 Å². The zero-order chi connectivity index (χ0) is 17.7. The number of nitrogens with zero attached hydrogens (tertiary/aromatic N) is 2. The molecule has 7 heteroatoms. The molecule has 0 bridgehead atoms. The Morgan fingerprint density at radius 2 is 2.00 bits per heavy atom. The minimum Gasteiger partial charge on any atom is -0.481 e. The first-order valence-electron chi connectivity index (χ1n) is 8.36. The van der Waals surface area contributed by atoms with E-state index in [0.717, 1.165) is 24.0 Å². The molecule has 1 aromatic carbocycles. The summed E-state index contributed by atoms with van der Waals surface area (Å²) < 4.78 is 19.3. The Labute approximate surface area is 170 Å². The zero-order valence-electron chi connectivity index (χ0n) is 15.0. The molecule has 3 rings (SSSR count). The lowest BCUT2D eigenvalue weighted by Crippen LogP contribution is -2.41. The SMILES string of the molecule is CN=C(NCc1cccnc1OC)NCC1(c2ccccc2F)CC1.I. The molecule has 1 aliphatic carbocycles. The molecule has 0 amide bonds. The van der Waals surface area contributed by atoms with E-state index < -0.39 is 0 Å². The molecule has 26 heavy (non-hydrogen) atoms. The summed E-state index contributed by atoms with van der Waals surface area (Å²) in [7, 11) is 3.32. The molecule has 0 spiro atoms. The van der Waals surface area contributed by atoms with E-state index in [2.05, 4.69) is 20.6 Å². The molecule has 0 atom stereocenters. The van der Waals surface area contributed by atoms with E-state index in [-0.39, 0.29) is 35.2 Å². The Kier molecular flexibility index (Phi) is 7.19. The van der Waals surface area contributed by atoms with Crippen molar-refractivity contribution in [3.63, 3.8) is 0 Å². The minimum atomic E-state index is -0.134. The Morgan fingerprint density at radius 3 is 2.65 bits per heavy atom. The van der Waals surface area contributed by atoms with E-state index >= 15 is 0 Å². The van der Waals surface area contributed by atoms with E-state index in [1.165, 1.54) is 6.07 Å². The third-order valence-electron chi connectivity index (χ3n) is 4.61. The molecule has 5 nitrogen and oxygen atoms in total. The molecule has 1 fully saturated rings. The van der Waals surface area contributed by atoms with Gasteiger partial charge in [-0.15, -0.1) is 24.0 Å². The number of pyridine rings is 1. The monoisotopic (exact) mass is 470 g/mol. The van der Waals surface area contributed by atoms with Crippen molar-refractivity contribution in [3.8, 4) is 5.88 Å². The second kappa shape index (κ2) is 9.16. The smallest absolute Gasteiger partial charge is 0.218 e. The van der Waals surface area contributed by atoms with Crippen LogP contribution in [0.25, 0.3) is 0 Å². The lowest BCUT2D eigenvalue weighted by Gasteiger charge is -2.19. The van der Waals surface area contributed by atoms with Crippen molar-refractivity contribution in [1.29, 1.82) is 0 Å². The molecular weight excluding hydrogens is 446 g/mol. The molecule has 0 radical (unpaired) electrons. The fourth-order valence-corrected chi connectivity index (χ4v) is 2.98. The highest BCUT2D eigenvalue weighted by atomic mass is 127. The lowest BCUT2D eigenvalue weighted by atomic mass is 9.95. The number of aromatic nitrogens is 1. The van der Waals surface area contributed by atoms with Gasteiger partial charge in [-0.05, 0) is 30.5 Å². The molecule has 0 saturated heterocycles. The molecule has 1 aromatic heterocycles. The van der Waals surface area contributed by atoms with Gasteiger partial charge < -0.3 is 15.4 Å². The predicted octanol–water partition coefficient (Wildman–Crippen LogP) is 3.24. The highest BCUT2D eigenvalue weighted by Gasteiger charge is 2.45. The van der Waals surface area contributed by atoms with Crippen LogP contribution in [0.15, 0.2) is 47.6 Å². The minimum absolute atomic E-state index is 0. The average Bonchev–Trinajstić information content (AvgIpc) is 3.43. The summed E-state index contributed by atoms with van der Waals surface area (Å²) in [6.45, 7) is 1.20. The van der Waals surface area contributed by atoms with Crippen LogP contribution >= 0.6 is 24.0 Å². The first-order chi connectivity index (χ1) is 12.2. The van der Waals surface area contributed by atoms with Gasteiger partial charge in [-0.3, -0.25) is 4.99 Å². The van der Waals surface area contributed by atoms with Gasteiger partial charge in [-0.25, -0.2) is 9.37 Å². The van der Waals surface area contributed by atoms with Crippen molar-refractivity contribution in [1.82, 2.24) is 15.6 Å². The average molecular weight is 470 g/mol. The number of guanidine groups is 1. The summed E-state index contributed by atoms with van der Waals surface area (Å²) in [5.74, 6) is 1.13. The number of rotatable bonds is 6. The van der Waals surface area contributed by atoms with Crippen molar-refractivity contribution >= 4 is 29.9 Å². The van der Waals surface area contributed by atoms with Crippen molar-refractivity contribution in [3.05, 3.63) is 59.5 Å². The van der Waals surface area contributed by atoms with Crippen LogP contribution in [0.3, 0.4) is 0 Å². The second-order valence-corrected chi connectivity index (χ2v) is 6.21. The Morgan fingerprint density at radius 1 is 1.23 bits per heavy atom. The van der Waals surface area contributed by atoms with Gasteiger partial charge in [0, 0.05) is 37.3 Å². The Balaban J connectivity index is 0.00000243. The molecule has 0 aliphatic heterocycles. The molecule has 2 aromatic rings. The molecule has 1 aliphatic rings. The van der Waals surface area contributed by atoms with E-state index in [4.69, 9.17) is 4.74 Å².